The zero-order chi connectivity index (χ0) is 24.2. The molecule has 2 aromatic carbocycles. The van der Waals surface area contributed by atoms with Crippen LogP contribution in [-0.2, 0) is 4.74 Å². The second-order valence-corrected chi connectivity index (χ2v) is 7.99. The van der Waals surface area contributed by atoms with Crippen LogP contribution in [0, 0.1) is 6.92 Å². The van der Waals surface area contributed by atoms with Gasteiger partial charge in [0.05, 0.1) is 12.3 Å². The third-order valence-electron chi connectivity index (χ3n) is 5.50. The predicted molar refractivity (Wildman–Crippen MR) is 123 cm³/mol. The summed E-state index contributed by atoms with van der Waals surface area (Å²) in [4.78, 5) is 21.7. The summed E-state index contributed by atoms with van der Waals surface area (Å²) >= 11 is 0. The molecule has 10 nitrogen and oxygen atoms in total. The molecule has 34 heavy (non-hydrogen) atoms. The molecule has 1 aliphatic rings. The number of ether oxygens (including phenoxy) is 1. The second-order valence-electron chi connectivity index (χ2n) is 7.99. The van der Waals surface area contributed by atoms with Gasteiger partial charge in [-0.3, -0.25) is 4.79 Å². The average molecular weight is 466 g/mol. The van der Waals surface area contributed by atoms with Gasteiger partial charge in [0.2, 0.25) is 0 Å². The minimum Gasteiger partial charge on any atom is -0.394 e. The second kappa shape index (κ2) is 10.2. The van der Waals surface area contributed by atoms with Gasteiger partial charge in [0.25, 0.3) is 5.91 Å². The van der Waals surface area contributed by atoms with Gasteiger partial charge >= 0.3 is 0 Å². The molecule has 1 saturated heterocycles. The van der Waals surface area contributed by atoms with Crippen LogP contribution in [0.15, 0.2) is 60.7 Å². The van der Waals surface area contributed by atoms with E-state index < -0.39 is 43.2 Å². The van der Waals surface area contributed by atoms with Gasteiger partial charge in [-0.25, -0.2) is 9.97 Å². The highest BCUT2D eigenvalue weighted by atomic mass is 16.6. The van der Waals surface area contributed by atoms with E-state index in [0.717, 1.165) is 11.3 Å². The minimum absolute atomic E-state index is 0.247. The van der Waals surface area contributed by atoms with E-state index in [1.165, 1.54) is 0 Å². The number of aromatic nitrogens is 2. The highest BCUT2D eigenvalue weighted by Crippen LogP contribution is 2.23. The molecule has 2 heterocycles. The maximum atomic E-state index is 12.8. The van der Waals surface area contributed by atoms with Crippen molar-refractivity contribution in [2.75, 3.05) is 11.9 Å². The van der Waals surface area contributed by atoms with E-state index in [1.54, 1.807) is 37.3 Å². The van der Waals surface area contributed by atoms with Crippen molar-refractivity contribution in [1.82, 2.24) is 15.3 Å². The van der Waals surface area contributed by atoms with Crippen LogP contribution in [0.25, 0.3) is 11.3 Å². The summed E-state index contributed by atoms with van der Waals surface area (Å²) in [6, 6.07) is 16.8. The van der Waals surface area contributed by atoms with Crippen molar-refractivity contribution in [1.29, 1.82) is 0 Å². The number of aliphatic hydroxyl groups excluding tert-OH is 4. The first-order chi connectivity index (χ1) is 16.4. The fourth-order valence-electron chi connectivity index (χ4n) is 3.76. The van der Waals surface area contributed by atoms with Gasteiger partial charge in [-0.05, 0) is 25.1 Å². The number of aliphatic hydroxyl groups is 4. The molecule has 3 unspecified atom stereocenters. The molecule has 0 aliphatic carbocycles. The Morgan fingerprint density at radius 2 is 1.76 bits per heavy atom. The summed E-state index contributed by atoms with van der Waals surface area (Å²) in [5.74, 6) is 0.542. The van der Waals surface area contributed by atoms with Gasteiger partial charge in [-0.1, -0.05) is 36.4 Å². The summed E-state index contributed by atoms with van der Waals surface area (Å²) < 4.78 is 5.08. The lowest BCUT2D eigenvalue weighted by Crippen LogP contribution is -2.64. The van der Waals surface area contributed by atoms with E-state index in [2.05, 4.69) is 20.6 Å². The number of amides is 1. The fourth-order valence-corrected chi connectivity index (χ4v) is 3.76. The SMILES string of the molecule is Cc1nc(Nc2cccc(C(=O)NC3C(O)O[C@H](CO)C(O)[C@@H]3O)c2)cc(-c2ccccc2)n1. The number of carbonyl (C=O) groups excluding carboxylic acids is 1. The topological polar surface area (TPSA) is 157 Å². The van der Waals surface area contributed by atoms with E-state index in [9.17, 15) is 25.2 Å². The molecule has 10 heteroatoms. The van der Waals surface area contributed by atoms with Crippen molar-refractivity contribution in [3.8, 4) is 11.3 Å². The van der Waals surface area contributed by atoms with Crippen molar-refractivity contribution in [2.45, 2.75) is 37.6 Å². The zero-order valence-electron chi connectivity index (χ0n) is 18.4. The van der Waals surface area contributed by atoms with Crippen LogP contribution in [0.4, 0.5) is 11.5 Å². The first-order valence-electron chi connectivity index (χ1n) is 10.8. The predicted octanol–water partition coefficient (Wildman–Crippen LogP) is 0.725. The van der Waals surface area contributed by atoms with Crippen LogP contribution >= 0.6 is 0 Å². The molecular weight excluding hydrogens is 440 g/mol. The van der Waals surface area contributed by atoms with Crippen LogP contribution in [0.2, 0.25) is 0 Å². The van der Waals surface area contributed by atoms with Crippen molar-refractivity contribution < 1.29 is 30.0 Å². The first kappa shape index (κ1) is 23.7. The fraction of sp³-hybridized carbons (Fsp3) is 0.292. The van der Waals surface area contributed by atoms with Crippen molar-refractivity contribution >= 4 is 17.4 Å². The number of aryl methyl sites for hydroxylation is 1. The molecule has 1 aromatic heterocycles. The molecule has 0 saturated carbocycles. The molecule has 178 valence electrons. The summed E-state index contributed by atoms with van der Waals surface area (Å²) in [6.07, 6.45) is -5.73. The van der Waals surface area contributed by atoms with E-state index in [-0.39, 0.29) is 5.56 Å². The Kier molecular flexibility index (Phi) is 7.15. The number of anilines is 2. The number of rotatable bonds is 6. The van der Waals surface area contributed by atoms with Gasteiger partial charge < -0.3 is 35.8 Å². The molecular formula is C24H26N4O6. The number of nitrogens with one attached hydrogen (secondary N) is 2. The van der Waals surface area contributed by atoms with Crippen molar-refractivity contribution in [3.63, 3.8) is 0 Å². The molecule has 4 rings (SSSR count). The van der Waals surface area contributed by atoms with Crippen molar-refractivity contribution in [3.05, 3.63) is 72.1 Å². The summed E-state index contributed by atoms with van der Waals surface area (Å²) in [5.41, 5.74) is 2.54. The van der Waals surface area contributed by atoms with E-state index >= 15 is 0 Å². The third kappa shape index (κ3) is 5.22. The quantitative estimate of drug-likeness (QED) is 0.308. The number of benzene rings is 2. The molecule has 1 aliphatic heterocycles. The van der Waals surface area contributed by atoms with Crippen LogP contribution in [0.5, 0.6) is 0 Å². The minimum atomic E-state index is -1.60. The molecule has 6 N–H and O–H groups in total. The van der Waals surface area contributed by atoms with Gasteiger partial charge in [0, 0.05) is 22.9 Å². The van der Waals surface area contributed by atoms with Gasteiger partial charge in [0.15, 0.2) is 6.29 Å². The Morgan fingerprint density at radius 1 is 1.00 bits per heavy atom. The maximum Gasteiger partial charge on any atom is 0.251 e. The Hall–Kier alpha value is -3.41. The third-order valence-corrected chi connectivity index (χ3v) is 5.50. The zero-order valence-corrected chi connectivity index (χ0v) is 18.4. The highest BCUT2D eigenvalue weighted by molar-refractivity contribution is 5.95. The van der Waals surface area contributed by atoms with Gasteiger partial charge in [-0.15, -0.1) is 0 Å². The summed E-state index contributed by atoms with van der Waals surface area (Å²) in [6.45, 7) is 1.21. The Morgan fingerprint density at radius 3 is 2.50 bits per heavy atom. The number of carbonyl (C=O) groups is 1. The largest absolute Gasteiger partial charge is 0.394 e. The summed E-state index contributed by atoms with van der Waals surface area (Å²) in [7, 11) is 0. The highest BCUT2D eigenvalue weighted by Gasteiger charge is 2.44. The summed E-state index contributed by atoms with van der Waals surface area (Å²) in [5, 5.41) is 45.2. The molecule has 0 bridgehead atoms. The first-order valence-corrected chi connectivity index (χ1v) is 10.8. The maximum absolute atomic E-state index is 12.8. The lowest BCUT2D eigenvalue weighted by Gasteiger charge is -2.40. The lowest BCUT2D eigenvalue weighted by molar-refractivity contribution is -0.252. The average Bonchev–Trinajstić information content (AvgIpc) is 2.84. The standard InChI is InChI=1S/C24H26N4O6/c1-13-25-17(14-6-3-2-4-7-14)11-19(26-13)27-16-9-5-8-15(10-16)23(32)28-20-22(31)21(30)18(12-29)34-24(20)33/h2-11,18,20-22,24,29-31,33H,12H2,1H3,(H,28,32)(H,25,26,27)/t18-,20?,21?,22-,24?/m1/s1. The van der Waals surface area contributed by atoms with Gasteiger partial charge in [-0.2, -0.15) is 0 Å². The van der Waals surface area contributed by atoms with Crippen LogP contribution in [0.1, 0.15) is 16.2 Å². The molecule has 3 aromatic rings. The van der Waals surface area contributed by atoms with Crippen LogP contribution in [0.3, 0.4) is 0 Å². The van der Waals surface area contributed by atoms with Crippen molar-refractivity contribution in [2.24, 2.45) is 0 Å². The molecule has 0 radical (unpaired) electrons. The number of nitrogens with zero attached hydrogens (tertiary/aromatic N) is 2. The molecule has 5 atom stereocenters. The molecule has 0 spiro atoms. The van der Waals surface area contributed by atoms with E-state index in [0.29, 0.717) is 17.3 Å². The lowest BCUT2D eigenvalue weighted by atomic mass is 9.96. The Balaban J connectivity index is 1.49. The number of hydrogen-bond donors (Lipinski definition) is 6. The van der Waals surface area contributed by atoms with Gasteiger partial charge in [0.1, 0.15) is 36.0 Å². The monoisotopic (exact) mass is 466 g/mol. The van der Waals surface area contributed by atoms with E-state index in [1.807, 2.05) is 30.3 Å². The smallest absolute Gasteiger partial charge is 0.251 e. The molecule has 1 fully saturated rings. The Labute approximate surface area is 195 Å². The molecule has 1 amide bonds. The number of hydrogen-bond acceptors (Lipinski definition) is 9. The van der Waals surface area contributed by atoms with Crippen LogP contribution < -0.4 is 10.6 Å². The van der Waals surface area contributed by atoms with E-state index in [4.69, 9.17) is 4.74 Å². The van der Waals surface area contributed by atoms with Crippen LogP contribution in [-0.4, -0.2) is 73.6 Å². The Bertz CT molecular complexity index is 1150. The normalized spacial score (nSPS) is 24.4.